The number of rotatable bonds is 2. The summed E-state index contributed by atoms with van der Waals surface area (Å²) < 4.78 is 0. The van der Waals surface area contributed by atoms with E-state index in [4.69, 9.17) is 34.2 Å². The van der Waals surface area contributed by atoms with Crippen LogP contribution in [0.15, 0.2) is 46.6 Å². The van der Waals surface area contributed by atoms with E-state index in [1.54, 1.807) is 36.4 Å². The maximum absolute atomic E-state index is 8.87. The molecule has 2 N–H and O–H groups in total. The van der Waals surface area contributed by atoms with Gasteiger partial charge in [0.2, 0.25) is 0 Å². The highest BCUT2D eigenvalue weighted by Gasteiger charge is 2.01. The van der Waals surface area contributed by atoms with Crippen LogP contribution in [0.2, 0.25) is 10.0 Å². The van der Waals surface area contributed by atoms with Gasteiger partial charge in [0.15, 0.2) is 0 Å². The van der Waals surface area contributed by atoms with Crippen LogP contribution >= 0.6 is 23.2 Å². The number of anilines is 1. The largest absolute Gasteiger partial charge is 0.398 e. The third-order valence-corrected chi connectivity index (χ3v) is 2.89. The number of hydrogen-bond acceptors (Lipinski definition) is 4. The molecule has 94 valence electrons. The Bertz CT molecular complexity index is 690. The van der Waals surface area contributed by atoms with Gasteiger partial charge in [-0.15, -0.1) is 5.11 Å². The van der Waals surface area contributed by atoms with Crippen LogP contribution in [-0.2, 0) is 0 Å². The Kier molecular flexibility index (Phi) is 4.00. The summed E-state index contributed by atoms with van der Waals surface area (Å²) in [7, 11) is 0. The van der Waals surface area contributed by atoms with Crippen molar-refractivity contribution in [1.82, 2.24) is 0 Å². The molecule has 0 aliphatic heterocycles. The molecule has 6 heteroatoms. The molecule has 0 aromatic heterocycles. The minimum absolute atomic E-state index is 0.355. The molecule has 19 heavy (non-hydrogen) atoms. The van der Waals surface area contributed by atoms with Gasteiger partial charge < -0.3 is 5.73 Å². The quantitative estimate of drug-likeness (QED) is 0.633. The third kappa shape index (κ3) is 3.22. The van der Waals surface area contributed by atoms with Crippen molar-refractivity contribution in [3.8, 4) is 6.07 Å². The van der Waals surface area contributed by atoms with Gasteiger partial charge in [0.25, 0.3) is 0 Å². The Morgan fingerprint density at radius 1 is 1.05 bits per heavy atom. The number of halogens is 2. The van der Waals surface area contributed by atoms with Crippen molar-refractivity contribution in [3.05, 3.63) is 52.0 Å². The maximum Gasteiger partial charge on any atom is 0.106 e. The fourth-order valence-electron chi connectivity index (χ4n) is 1.38. The monoisotopic (exact) mass is 290 g/mol. The lowest BCUT2D eigenvalue weighted by Gasteiger charge is -1.99. The van der Waals surface area contributed by atoms with E-state index in [9.17, 15) is 0 Å². The van der Waals surface area contributed by atoms with Crippen LogP contribution in [0.25, 0.3) is 0 Å². The molecule has 2 rings (SSSR count). The predicted molar refractivity (Wildman–Crippen MR) is 76.2 cm³/mol. The van der Waals surface area contributed by atoms with Crippen LogP contribution in [0.3, 0.4) is 0 Å². The van der Waals surface area contributed by atoms with Crippen LogP contribution in [0.1, 0.15) is 5.56 Å². The smallest absolute Gasteiger partial charge is 0.106 e. The van der Waals surface area contributed by atoms with Crippen molar-refractivity contribution < 1.29 is 0 Å². The minimum atomic E-state index is 0.355. The molecule has 0 spiro atoms. The first-order valence-electron chi connectivity index (χ1n) is 5.26. The summed E-state index contributed by atoms with van der Waals surface area (Å²) in [5.41, 5.74) is 7.36. The van der Waals surface area contributed by atoms with Crippen molar-refractivity contribution in [1.29, 1.82) is 5.26 Å². The van der Waals surface area contributed by atoms with Gasteiger partial charge in [-0.1, -0.05) is 23.2 Å². The van der Waals surface area contributed by atoms with Gasteiger partial charge in [-0.25, -0.2) is 0 Å². The lowest BCUT2D eigenvalue weighted by molar-refractivity contribution is 1.23. The molecule has 0 saturated carbocycles. The summed E-state index contributed by atoms with van der Waals surface area (Å²) in [4.78, 5) is 0. The zero-order valence-corrected chi connectivity index (χ0v) is 11.2. The van der Waals surface area contributed by atoms with Gasteiger partial charge in [-0.2, -0.15) is 10.4 Å². The van der Waals surface area contributed by atoms with Crippen molar-refractivity contribution in [3.63, 3.8) is 0 Å². The second-order valence-corrected chi connectivity index (χ2v) is 4.52. The van der Waals surface area contributed by atoms with Crippen molar-refractivity contribution in [2.75, 3.05) is 5.73 Å². The summed E-state index contributed by atoms with van der Waals surface area (Å²) >= 11 is 11.8. The molecule has 0 bridgehead atoms. The van der Waals surface area contributed by atoms with E-state index in [1.165, 1.54) is 0 Å². The van der Waals surface area contributed by atoms with E-state index in [1.807, 2.05) is 6.07 Å². The van der Waals surface area contributed by atoms with Crippen LogP contribution < -0.4 is 5.73 Å². The van der Waals surface area contributed by atoms with Crippen LogP contribution in [0, 0.1) is 11.3 Å². The molecule has 0 atom stereocenters. The van der Waals surface area contributed by atoms with Gasteiger partial charge in [0.1, 0.15) is 11.8 Å². The zero-order chi connectivity index (χ0) is 13.8. The first-order chi connectivity index (χ1) is 9.10. The lowest BCUT2D eigenvalue weighted by Crippen LogP contribution is -1.88. The fourth-order valence-corrected chi connectivity index (χ4v) is 1.70. The number of nitrogens with two attached hydrogens (primary N) is 1. The number of hydrogen-bond donors (Lipinski definition) is 1. The summed E-state index contributed by atoms with van der Waals surface area (Å²) in [6, 6.07) is 11.7. The molecule has 2 aromatic rings. The number of azo groups is 1. The van der Waals surface area contributed by atoms with Crippen molar-refractivity contribution >= 4 is 40.3 Å². The molecule has 0 heterocycles. The average molecular weight is 291 g/mol. The summed E-state index contributed by atoms with van der Waals surface area (Å²) in [5, 5.41) is 17.8. The average Bonchev–Trinajstić information content (AvgIpc) is 2.41. The molecule has 0 aliphatic rings. The molecule has 2 aromatic carbocycles. The first kappa shape index (κ1) is 13.3. The van der Waals surface area contributed by atoms with Crippen LogP contribution in [0.4, 0.5) is 17.1 Å². The highest BCUT2D eigenvalue weighted by atomic mass is 35.5. The van der Waals surface area contributed by atoms with Gasteiger partial charge >= 0.3 is 0 Å². The second kappa shape index (κ2) is 5.70. The maximum atomic E-state index is 8.87. The first-order valence-corrected chi connectivity index (χ1v) is 6.02. The summed E-state index contributed by atoms with van der Waals surface area (Å²) in [6.07, 6.45) is 0. The molecular weight excluding hydrogens is 283 g/mol. The van der Waals surface area contributed by atoms with E-state index in [-0.39, 0.29) is 0 Å². The van der Waals surface area contributed by atoms with Crippen molar-refractivity contribution in [2.24, 2.45) is 10.2 Å². The molecule has 0 unspecified atom stereocenters. The van der Waals surface area contributed by atoms with E-state index < -0.39 is 0 Å². The van der Waals surface area contributed by atoms with Crippen molar-refractivity contribution in [2.45, 2.75) is 0 Å². The van der Waals surface area contributed by atoms with Gasteiger partial charge in [0, 0.05) is 10.7 Å². The SMILES string of the molecule is N#Cc1cc(N=Nc2cc(Cl)ccc2Cl)ccc1N. The molecule has 0 radical (unpaired) electrons. The molecule has 0 fully saturated rings. The van der Waals surface area contributed by atoms with E-state index >= 15 is 0 Å². The van der Waals surface area contributed by atoms with Gasteiger partial charge in [0.05, 0.1) is 16.3 Å². The molecule has 4 nitrogen and oxygen atoms in total. The Morgan fingerprint density at radius 2 is 1.84 bits per heavy atom. The number of nitriles is 1. The highest BCUT2D eigenvalue weighted by molar-refractivity contribution is 6.35. The van der Waals surface area contributed by atoms with E-state index in [0.29, 0.717) is 32.7 Å². The zero-order valence-electron chi connectivity index (χ0n) is 9.64. The Morgan fingerprint density at radius 3 is 2.58 bits per heavy atom. The van der Waals surface area contributed by atoms with E-state index in [0.717, 1.165) is 0 Å². The molecular formula is C13H8Cl2N4. The molecule has 0 aliphatic carbocycles. The van der Waals surface area contributed by atoms with E-state index in [2.05, 4.69) is 10.2 Å². The molecule has 0 saturated heterocycles. The second-order valence-electron chi connectivity index (χ2n) is 3.68. The number of benzene rings is 2. The molecule has 0 amide bonds. The number of nitrogen functional groups attached to an aromatic ring is 1. The summed E-state index contributed by atoms with van der Waals surface area (Å²) in [6.45, 7) is 0. The lowest BCUT2D eigenvalue weighted by atomic mass is 10.2. The number of nitrogens with zero attached hydrogens (tertiary/aromatic N) is 3. The van der Waals surface area contributed by atoms with Gasteiger partial charge in [-0.3, -0.25) is 0 Å². The Hall–Kier alpha value is -2.09. The Balaban J connectivity index is 2.33. The summed E-state index contributed by atoms with van der Waals surface area (Å²) in [5.74, 6) is 0. The normalized spacial score (nSPS) is 10.6. The fraction of sp³-hybridized carbons (Fsp3) is 0. The van der Waals surface area contributed by atoms with Crippen LogP contribution in [-0.4, -0.2) is 0 Å². The predicted octanol–water partition coefficient (Wildman–Crippen LogP) is 4.86. The topological polar surface area (TPSA) is 74.5 Å². The van der Waals surface area contributed by atoms with Crippen LogP contribution in [0.5, 0.6) is 0 Å². The standard InChI is InChI=1S/C13H8Cl2N4/c14-9-1-3-11(15)13(6-9)19-18-10-2-4-12(17)8(5-10)7-16/h1-6H,17H2. The highest BCUT2D eigenvalue weighted by Crippen LogP contribution is 2.30. The van der Waals surface area contributed by atoms with Gasteiger partial charge in [-0.05, 0) is 36.4 Å². The Labute approximate surface area is 120 Å². The third-order valence-electron chi connectivity index (χ3n) is 2.34. The minimum Gasteiger partial charge on any atom is -0.398 e.